The summed E-state index contributed by atoms with van der Waals surface area (Å²) in [5.74, 6) is -1.21. The number of pyridine rings is 1. The number of amides is 1. The van der Waals surface area contributed by atoms with Crippen molar-refractivity contribution >= 4 is 51.4 Å². The Bertz CT molecular complexity index is 1280. The summed E-state index contributed by atoms with van der Waals surface area (Å²) < 4.78 is 18.2. The molecule has 0 bridgehead atoms. The molecule has 1 saturated heterocycles. The van der Waals surface area contributed by atoms with Gasteiger partial charge < -0.3 is 5.32 Å². The van der Waals surface area contributed by atoms with Gasteiger partial charge in [-0.25, -0.2) is 17.2 Å². The maximum Gasteiger partial charge on any atom is 0.276 e. The first-order chi connectivity index (χ1) is 15.2. The van der Waals surface area contributed by atoms with Gasteiger partial charge in [-0.3, -0.25) is 9.59 Å². The number of hydrogen-bond acceptors (Lipinski definition) is 5. The molecule has 3 heterocycles. The highest BCUT2D eigenvalue weighted by Gasteiger charge is 2.28. The molecule has 1 aliphatic heterocycles. The van der Waals surface area contributed by atoms with Crippen LogP contribution in [0.4, 0.5) is 4.39 Å². The van der Waals surface area contributed by atoms with Crippen molar-refractivity contribution in [3.63, 3.8) is 0 Å². The summed E-state index contributed by atoms with van der Waals surface area (Å²) in [6.07, 6.45) is 1.53. The van der Waals surface area contributed by atoms with Gasteiger partial charge >= 0.3 is 0 Å². The van der Waals surface area contributed by atoms with Crippen LogP contribution in [-0.2, 0) is 0 Å². The highest BCUT2D eigenvalue weighted by Crippen LogP contribution is 2.23. The summed E-state index contributed by atoms with van der Waals surface area (Å²) in [6, 6.07) is 6.10. The third-order valence-electron chi connectivity index (χ3n) is 5.79. The van der Waals surface area contributed by atoms with E-state index >= 15 is 0 Å². The van der Waals surface area contributed by atoms with Crippen molar-refractivity contribution in [3.05, 3.63) is 62.3 Å². The summed E-state index contributed by atoms with van der Waals surface area (Å²) >= 11 is 8.18. The Morgan fingerprint density at radius 1 is 1.31 bits per heavy atom. The number of rotatable bonds is 3. The number of piperidine rings is 1. The van der Waals surface area contributed by atoms with Gasteiger partial charge in [0.15, 0.2) is 5.69 Å². The summed E-state index contributed by atoms with van der Waals surface area (Å²) in [6.45, 7) is 6.54. The molecule has 1 aromatic carbocycles. The minimum absolute atomic E-state index is 0.0676. The quantitative estimate of drug-likeness (QED) is 0.379. The Morgan fingerprint density at radius 3 is 2.75 bits per heavy atom. The van der Waals surface area contributed by atoms with Crippen LogP contribution in [0.5, 0.6) is 0 Å². The number of nitrogens with one attached hydrogen (secondary N) is 1. The fourth-order valence-electron chi connectivity index (χ4n) is 3.84. The van der Waals surface area contributed by atoms with E-state index in [2.05, 4.69) is 48.3 Å². The Morgan fingerprint density at radius 2 is 2.06 bits per heavy atom. The average Bonchev–Trinajstić information content (AvgIpc) is 2.73. The van der Waals surface area contributed by atoms with Crippen molar-refractivity contribution < 1.29 is 9.18 Å². The fraction of sp³-hybridized carbons (Fsp3) is 0.364. The van der Waals surface area contributed by atoms with E-state index in [1.54, 1.807) is 13.0 Å². The molecule has 0 aliphatic carbocycles. The van der Waals surface area contributed by atoms with E-state index in [1.807, 2.05) is 6.92 Å². The second kappa shape index (κ2) is 9.03. The standard InChI is InChI=1S/C22H22ClFIN5O2/c1-11-8-18-19(26-13(11)3)21(31)20(22(32)27-15-6-7-29(25)12(2)9-15)28-30(18)17-5-4-14(23)10-16(17)24/h4-5,8,10,12,15H,6-7,9H2,1-3H3,(H,27,32)/t12-,15+/m0/s1. The number of aromatic nitrogens is 3. The van der Waals surface area contributed by atoms with E-state index in [1.165, 1.54) is 16.8 Å². The molecule has 0 saturated carbocycles. The highest BCUT2D eigenvalue weighted by atomic mass is 127. The van der Waals surface area contributed by atoms with Gasteiger partial charge in [0.2, 0.25) is 5.43 Å². The summed E-state index contributed by atoms with van der Waals surface area (Å²) in [5, 5.41) is 7.45. The van der Waals surface area contributed by atoms with Crippen LogP contribution in [0.2, 0.25) is 5.02 Å². The molecule has 1 fully saturated rings. The first kappa shape index (κ1) is 23.1. The van der Waals surface area contributed by atoms with E-state index in [4.69, 9.17) is 11.6 Å². The number of halogens is 3. The zero-order valence-electron chi connectivity index (χ0n) is 17.8. The number of aryl methyl sites for hydroxylation is 2. The predicted octanol–water partition coefficient (Wildman–Crippen LogP) is 4.12. The molecule has 0 unspecified atom stereocenters. The zero-order chi connectivity index (χ0) is 23.2. The number of carbonyl (C=O) groups is 1. The van der Waals surface area contributed by atoms with Crippen molar-refractivity contribution in [1.29, 1.82) is 0 Å². The van der Waals surface area contributed by atoms with E-state index in [-0.39, 0.29) is 28.0 Å². The first-order valence-electron chi connectivity index (χ1n) is 10.3. The van der Waals surface area contributed by atoms with Gasteiger partial charge in [-0.1, -0.05) is 11.6 Å². The number of carbonyl (C=O) groups excluding carboxylic acids is 1. The van der Waals surface area contributed by atoms with E-state index in [9.17, 15) is 14.0 Å². The predicted molar refractivity (Wildman–Crippen MR) is 130 cm³/mol. The van der Waals surface area contributed by atoms with Crippen molar-refractivity contribution in [1.82, 2.24) is 23.2 Å². The van der Waals surface area contributed by atoms with Gasteiger partial charge in [-0.15, -0.1) is 0 Å². The van der Waals surface area contributed by atoms with Crippen LogP contribution in [0.15, 0.2) is 29.1 Å². The molecule has 0 radical (unpaired) electrons. The molecule has 168 valence electrons. The molecule has 2 aromatic heterocycles. The van der Waals surface area contributed by atoms with Crippen molar-refractivity contribution in [2.45, 2.75) is 45.7 Å². The topological polar surface area (TPSA) is 80.1 Å². The van der Waals surface area contributed by atoms with Gasteiger partial charge in [0.1, 0.15) is 17.0 Å². The molecular formula is C22H22ClFIN5O2. The summed E-state index contributed by atoms with van der Waals surface area (Å²) in [7, 11) is 0. The number of benzene rings is 1. The molecule has 2 atom stereocenters. The number of nitrogens with zero attached hydrogens (tertiary/aromatic N) is 4. The van der Waals surface area contributed by atoms with Crippen LogP contribution in [0.1, 0.15) is 41.5 Å². The van der Waals surface area contributed by atoms with Crippen LogP contribution in [0, 0.1) is 19.7 Å². The summed E-state index contributed by atoms with van der Waals surface area (Å²) in [5.41, 5.74) is 1.04. The minimum Gasteiger partial charge on any atom is -0.348 e. The van der Waals surface area contributed by atoms with Crippen LogP contribution in [0.25, 0.3) is 16.7 Å². The lowest BCUT2D eigenvalue weighted by atomic mass is 10.0. The SMILES string of the molecule is Cc1cc2c(nc1C)c(=O)c(C(=O)N[C@@H]1CCN(I)[C@@H](C)C1)nn2-c1ccc(Cl)cc1F. The monoisotopic (exact) mass is 569 g/mol. The average molecular weight is 570 g/mol. The van der Waals surface area contributed by atoms with Crippen LogP contribution in [0.3, 0.4) is 0 Å². The third-order valence-corrected chi connectivity index (χ3v) is 7.46. The smallest absolute Gasteiger partial charge is 0.276 e. The van der Waals surface area contributed by atoms with Gasteiger partial charge in [0.25, 0.3) is 5.91 Å². The van der Waals surface area contributed by atoms with E-state index < -0.39 is 17.2 Å². The molecule has 1 amide bonds. The number of fused-ring (bicyclic) bond motifs is 1. The maximum absolute atomic E-state index is 14.8. The lowest BCUT2D eigenvalue weighted by molar-refractivity contribution is 0.0910. The Kier molecular flexibility index (Phi) is 6.51. The molecule has 4 rings (SSSR count). The Balaban J connectivity index is 1.84. The lowest BCUT2D eigenvalue weighted by Crippen LogP contribution is -2.46. The molecule has 0 spiro atoms. The Labute approximate surface area is 203 Å². The molecule has 7 nitrogen and oxygen atoms in total. The molecule has 1 N–H and O–H groups in total. The molecule has 32 heavy (non-hydrogen) atoms. The minimum atomic E-state index is -0.622. The highest BCUT2D eigenvalue weighted by molar-refractivity contribution is 14.1. The summed E-state index contributed by atoms with van der Waals surface area (Å²) in [4.78, 5) is 30.7. The van der Waals surface area contributed by atoms with Crippen molar-refractivity contribution in [2.75, 3.05) is 6.54 Å². The molecule has 10 heteroatoms. The molecular weight excluding hydrogens is 548 g/mol. The number of hydrogen-bond donors (Lipinski definition) is 1. The van der Waals surface area contributed by atoms with E-state index in [0.29, 0.717) is 17.3 Å². The normalized spacial score (nSPS) is 19.3. The van der Waals surface area contributed by atoms with Gasteiger partial charge in [0, 0.05) is 52.2 Å². The van der Waals surface area contributed by atoms with Gasteiger partial charge in [0.05, 0.1) is 5.52 Å². The van der Waals surface area contributed by atoms with Crippen LogP contribution in [-0.4, -0.2) is 42.4 Å². The fourth-order valence-corrected chi connectivity index (χ4v) is 4.51. The van der Waals surface area contributed by atoms with Crippen molar-refractivity contribution in [3.8, 4) is 5.69 Å². The maximum atomic E-state index is 14.8. The Hall–Kier alpha value is -2.11. The molecule has 1 aliphatic rings. The van der Waals surface area contributed by atoms with Gasteiger partial charge in [-0.2, -0.15) is 5.10 Å². The molecule has 3 aromatic rings. The largest absolute Gasteiger partial charge is 0.348 e. The van der Waals surface area contributed by atoms with Gasteiger partial charge in [-0.05, 0) is 63.4 Å². The zero-order valence-corrected chi connectivity index (χ0v) is 20.7. The second-order valence-corrected chi connectivity index (χ2v) is 9.79. The first-order valence-corrected chi connectivity index (χ1v) is 11.6. The second-order valence-electron chi connectivity index (χ2n) is 8.11. The van der Waals surface area contributed by atoms with E-state index in [0.717, 1.165) is 31.0 Å². The van der Waals surface area contributed by atoms with Crippen LogP contribution >= 0.6 is 34.5 Å². The lowest BCUT2D eigenvalue weighted by Gasteiger charge is -2.33. The van der Waals surface area contributed by atoms with Crippen molar-refractivity contribution in [2.24, 2.45) is 0 Å². The van der Waals surface area contributed by atoms with Crippen LogP contribution < -0.4 is 10.7 Å². The third kappa shape index (κ3) is 4.38.